The molecule has 1 amide bonds. The predicted molar refractivity (Wildman–Crippen MR) is 86.8 cm³/mol. The summed E-state index contributed by atoms with van der Waals surface area (Å²) >= 11 is 0. The van der Waals surface area contributed by atoms with E-state index in [1.165, 1.54) is 25.8 Å². The normalized spacial score (nSPS) is 35.4. The minimum absolute atomic E-state index is 0.148. The first-order chi connectivity index (χ1) is 10.3. The van der Waals surface area contributed by atoms with E-state index in [2.05, 4.69) is 17.3 Å². The Bertz CT molecular complexity index is 409. The summed E-state index contributed by atoms with van der Waals surface area (Å²) in [6.45, 7) is 9.82. The Kier molecular flexibility index (Phi) is 4.38. The molecule has 0 aromatic rings. The number of likely N-dealkylation sites (tertiary alicyclic amines) is 2. The summed E-state index contributed by atoms with van der Waals surface area (Å²) in [5.74, 6) is 1.28. The van der Waals surface area contributed by atoms with E-state index in [0.29, 0.717) is 23.9 Å². The SMILES string of the molecule is CN1CCCCC1CNC1C2CN(C(=O)OC(C)(C)C)CC21. The third-order valence-corrected chi connectivity index (χ3v) is 5.36. The molecule has 1 aliphatic carbocycles. The van der Waals surface area contributed by atoms with E-state index in [-0.39, 0.29) is 6.09 Å². The molecule has 3 fully saturated rings. The Balaban J connectivity index is 1.39. The van der Waals surface area contributed by atoms with Gasteiger partial charge >= 0.3 is 6.09 Å². The third kappa shape index (κ3) is 3.57. The van der Waals surface area contributed by atoms with Crippen molar-refractivity contribution in [2.24, 2.45) is 11.8 Å². The van der Waals surface area contributed by atoms with Crippen LogP contribution in [-0.4, -0.2) is 66.8 Å². The van der Waals surface area contributed by atoms with Crippen LogP contribution in [0.15, 0.2) is 0 Å². The predicted octanol–water partition coefficient (Wildman–Crippen LogP) is 1.93. The lowest BCUT2D eigenvalue weighted by atomic mass is 10.0. The zero-order valence-corrected chi connectivity index (χ0v) is 14.5. The standard InChI is InChI=1S/C17H31N3O2/c1-17(2,3)22-16(21)20-10-13-14(11-20)15(13)18-9-12-7-5-6-8-19(12)4/h12-15,18H,5-11H2,1-4H3. The van der Waals surface area contributed by atoms with Crippen molar-refractivity contribution < 1.29 is 9.53 Å². The Morgan fingerprint density at radius 2 is 1.91 bits per heavy atom. The molecule has 2 aliphatic heterocycles. The fraction of sp³-hybridized carbons (Fsp3) is 0.941. The molecule has 3 atom stereocenters. The second-order valence-electron chi connectivity index (χ2n) is 8.28. The van der Waals surface area contributed by atoms with Gasteiger partial charge in [-0.1, -0.05) is 6.42 Å². The average molecular weight is 309 g/mol. The summed E-state index contributed by atoms with van der Waals surface area (Å²) in [6, 6.07) is 1.31. The highest BCUT2D eigenvalue weighted by molar-refractivity contribution is 5.69. The highest BCUT2D eigenvalue weighted by Crippen LogP contribution is 2.45. The number of hydrogen-bond donors (Lipinski definition) is 1. The van der Waals surface area contributed by atoms with Gasteiger partial charge in [-0.05, 0) is 59.0 Å². The van der Waals surface area contributed by atoms with E-state index < -0.39 is 5.60 Å². The number of amides is 1. The van der Waals surface area contributed by atoms with Gasteiger partial charge in [-0.15, -0.1) is 0 Å². The second kappa shape index (κ2) is 6.00. The van der Waals surface area contributed by atoms with Crippen molar-refractivity contribution in [3.05, 3.63) is 0 Å². The molecular formula is C17H31N3O2. The molecule has 22 heavy (non-hydrogen) atoms. The van der Waals surface area contributed by atoms with Crippen LogP contribution in [-0.2, 0) is 4.74 Å². The molecule has 2 heterocycles. The Hall–Kier alpha value is -0.810. The molecule has 3 rings (SSSR count). The monoisotopic (exact) mass is 309 g/mol. The lowest BCUT2D eigenvalue weighted by molar-refractivity contribution is 0.0268. The van der Waals surface area contributed by atoms with Crippen molar-refractivity contribution in [2.45, 2.75) is 57.7 Å². The van der Waals surface area contributed by atoms with Crippen molar-refractivity contribution in [1.29, 1.82) is 0 Å². The lowest BCUT2D eigenvalue weighted by Gasteiger charge is -2.33. The number of rotatable bonds is 3. The number of likely N-dealkylation sites (N-methyl/N-ethyl adjacent to an activating group) is 1. The summed E-state index contributed by atoms with van der Waals surface area (Å²) in [5, 5.41) is 3.75. The zero-order chi connectivity index (χ0) is 15.9. The molecule has 0 spiro atoms. The van der Waals surface area contributed by atoms with Gasteiger partial charge in [0.1, 0.15) is 5.60 Å². The summed E-state index contributed by atoms with van der Waals surface area (Å²) in [4.78, 5) is 16.4. The Morgan fingerprint density at radius 3 is 2.50 bits per heavy atom. The summed E-state index contributed by atoms with van der Waals surface area (Å²) in [6.07, 6.45) is 3.87. The summed E-state index contributed by atoms with van der Waals surface area (Å²) in [5.41, 5.74) is -0.396. The maximum Gasteiger partial charge on any atom is 0.410 e. The fourth-order valence-electron chi connectivity index (χ4n) is 3.98. The summed E-state index contributed by atoms with van der Waals surface area (Å²) in [7, 11) is 2.24. The molecule has 5 nitrogen and oxygen atoms in total. The van der Waals surface area contributed by atoms with Crippen LogP contribution < -0.4 is 5.32 Å². The molecule has 1 saturated carbocycles. The molecule has 0 bridgehead atoms. The van der Waals surface area contributed by atoms with Crippen molar-refractivity contribution in [2.75, 3.05) is 33.2 Å². The van der Waals surface area contributed by atoms with Crippen molar-refractivity contribution >= 4 is 6.09 Å². The molecule has 2 saturated heterocycles. The van der Waals surface area contributed by atoms with Gasteiger partial charge in [-0.3, -0.25) is 0 Å². The van der Waals surface area contributed by atoms with Crippen LogP contribution in [0.2, 0.25) is 0 Å². The molecule has 0 radical (unpaired) electrons. The number of hydrogen-bond acceptors (Lipinski definition) is 4. The van der Waals surface area contributed by atoms with Gasteiger partial charge in [-0.25, -0.2) is 4.79 Å². The molecule has 5 heteroatoms. The third-order valence-electron chi connectivity index (χ3n) is 5.36. The first-order valence-corrected chi connectivity index (χ1v) is 8.77. The maximum absolute atomic E-state index is 12.1. The molecular weight excluding hydrogens is 278 g/mol. The van der Waals surface area contributed by atoms with Crippen LogP contribution >= 0.6 is 0 Å². The number of fused-ring (bicyclic) bond motifs is 1. The van der Waals surface area contributed by atoms with Gasteiger partial charge in [0.2, 0.25) is 0 Å². The van der Waals surface area contributed by atoms with E-state index in [9.17, 15) is 4.79 Å². The quantitative estimate of drug-likeness (QED) is 0.865. The Morgan fingerprint density at radius 1 is 1.23 bits per heavy atom. The number of nitrogens with one attached hydrogen (secondary N) is 1. The number of carbonyl (C=O) groups is 1. The first kappa shape index (κ1) is 16.1. The topological polar surface area (TPSA) is 44.8 Å². The van der Waals surface area contributed by atoms with E-state index >= 15 is 0 Å². The summed E-state index contributed by atoms with van der Waals surface area (Å²) < 4.78 is 5.45. The van der Waals surface area contributed by atoms with Gasteiger partial charge in [-0.2, -0.15) is 0 Å². The number of nitrogens with zero attached hydrogens (tertiary/aromatic N) is 2. The lowest BCUT2D eigenvalue weighted by Crippen LogP contribution is -2.45. The minimum Gasteiger partial charge on any atom is -0.444 e. The average Bonchev–Trinajstić information content (AvgIpc) is 2.88. The van der Waals surface area contributed by atoms with Crippen LogP contribution in [0.1, 0.15) is 40.0 Å². The van der Waals surface area contributed by atoms with E-state index in [1.807, 2.05) is 25.7 Å². The van der Waals surface area contributed by atoms with Crippen LogP contribution in [0, 0.1) is 11.8 Å². The van der Waals surface area contributed by atoms with Gasteiger partial charge in [0.05, 0.1) is 0 Å². The molecule has 126 valence electrons. The minimum atomic E-state index is -0.396. The molecule has 1 N–H and O–H groups in total. The van der Waals surface area contributed by atoms with Gasteiger partial charge < -0.3 is 19.9 Å². The highest BCUT2D eigenvalue weighted by atomic mass is 16.6. The molecule has 3 unspecified atom stereocenters. The molecule has 0 aromatic carbocycles. The van der Waals surface area contributed by atoms with E-state index in [0.717, 1.165) is 19.6 Å². The number of piperidine rings is 2. The van der Waals surface area contributed by atoms with Crippen LogP contribution in [0.3, 0.4) is 0 Å². The Labute approximate surface area is 134 Å². The first-order valence-electron chi connectivity index (χ1n) is 8.77. The van der Waals surface area contributed by atoms with Crippen molar-refractivity contribution in [3.63, 3.8) is 0 Å². The smallest absolute Gasteiger partial charge is 0.410 e. The zero-order valence-electron chi connectivity index (χ0n) is 14.5. The second-order valence-corrected chi connectivity index (χ2v) is 8.28. The largest absolute Gasteiger partial charge is 0.444 e. The van der Waals surface area contributed by atoms with Gasteiger partial charge in [0, 0.05) is 31.7 Å². The van der Waals surface area contributed by atoms with Crippen molar-refractivity contribution in [1.82, 2.24) is 15.1 Å². The fourth-order valence-corrected chi connectivity index (χ4v) is 3.98. The van der Waals surface area contributed by atoms with Gasteiger partial charge in [0.25, 0.3) is 0 Å². The number of ether oxygens (including phenoxy) is 1. The van der Waals surface area contributed by atoms with E-state index in [1.54, 1.807) is 0 Å². The van der Waals surface area contributed by atoms with Crippen LogP contribution in [0.5, 0.6) is 0 Å². The van der Waals surface area contributed by atoms with Crippen molar-refractivity contribution in [3.8, 4) is 0 Å². The molecule has 0 aromatic heterocycles. The maximum atomic E-state index is 12.1. The number of carbonyl (C=O) groups excluding carboxylic acids is 1. The van der Waals surface area contributed by atoms with Gasteiger partial charge in [0.15, 0.2) is 0 Å². The molecule has 3 aliphatic rings. The van der Waals surface area contributed by atoms with E-state index in [4.69, 9.17) is 4.74 Å². The van der Waals surface area contributed by atoms with Crippen LogP contribution in [0.25, 0.3) is 0 Å². The highest BCUT2D eigenvalue weighted by Gasteiger charge is 2.57. The van der Waals surface area contributed by atoms with Crippen LogP contribution in [0.4, 0.5) is 4.79 Å².